The molecule has 20 heavy (non-hydrogen) atoms. The van der Waals surface area contributed by atoms with Crippen LogP contribution in [0.15, 0.2) is 41.8 Å². The predicted octanol–water partition coefficient (Wildman–Crippen LogP) is 3.63. The lowest BCUT2D eigenvalue weighted by molar-refractivity contribution is -0.0422. The highest BCUT2D eigenvalue weighted by Gasteiger charge is 2.43. The van der Waals surface area contributed by atoms with Crippen LogP contribution in [-0.4, -0.2) is 26.1 Å². The van der Waals surface area contributed by atoms with Crippen LogP contribution in [0.3, 0.4) is 0 Å². The van der Waals surface area contributed by atoms with Gasteiger partial charge in [0.25, 0.3) is 0 Å². The lowest BCUT2D eigenvalue weighted by Gasteiger charge is -2.25. The number of halogens is 3. The van der Waals surface area contributed by atoms with Crippen LogP contribution < -0.4 is 0 Å². The molecule has 0 radical (unpaired) electrons. The lowest BCUT2D eigenvalue weighted by Crippen LogP contribution is -2.41. The zero-order chi connectivity index (χ0) is 15.3. The van der Waals surface area contributed by atoms with Gasteiger partial charge in [-0.05, 0) is 43.5 Å². The Bertz CT molecular complexity index is 471. The topological polar surface area (TPSA) is 37.3 Å². The molecule has 0 saturated carbocycles. The van der Waals surface area contributed by atoms with Gasteiger partial charge in [0.15, 0.2) is 0 Å². The van der Waals surface area contributed by atoms with Gasteiger partial charge in [0.05, 0.1) is 16.0 Å². The molecular formula is C14H17ClF2O2S. The summed E-state index contributed by atoms with van der Waals surface area (Å²) in [6, 6.07) is 6.68. The summed E-state index contributed by atoms with van der Waals surface area (Å²) in [7, 11) is -1.77. The number of alkyl halides is 3. The van der Waals surface area contributed by atoms with Gasteiger partial charge >= 0.3 is 5.38 Å². The van der Waals surface area contributed by atoms with Gasteiger partial charge in [-0.2, -0.15) is 8.78 Å². The number of aryl methyl sites for hydroxylation is 1. The van der Waals surface area contributed by atoms with Crippen molar-refractivity contribution in [2.75, 3.05) is 0 Å². The smallest absolute Gasteiger partial charge is 0.348 e. The van der Waals surface area contributed by atoms with Crippen LogP contribution in [0.4, 0.5) is 8.78 Å². The Kier molecular flexibility index (Phi) is 6.30. The molecule has 0 aliphatic heterocycles. The van der Waals surface area contributed by atoms with Crippen LogP contribution in [0.1, 0.15) is 18.4 Å². The van der Waals surface area contributed by atoms with Crippen molar-refractivity contribution >= 4 is 22.4 Å². The molecule has 0 amide bonds. The second kappa shape index (κ2) is 7.29. The van der Waals surface area contributed by atoms with Gasteiger partial charge < -0.3 is 5.11 Å². The fraction of sp³-hybridized carbons (Fsp3) is 0.429. The molecule has 0 aromatic heterocycles. The van der Waals surface area contributed by atoms with E-state index in [1.807, 2.05) is 6.92 Å². The lowest BCUT2D eigenvalue weighted by atomic mass is 10.1. The number of rotatable bonds is 7. The zero-order valence-corrected chi connectivity index (χ0v) is 12.6. The van der Waals surface area contributed by atoms with Gasteiger partial charge in [-0.15, -0.1) is 6.58 Å². The Morgan fingerprint density at radius 1 is 1.45 bits per heavy atom. The first-order valence-corrected chi connectivity index (χ1v) is 7.69. The van der Waals surface area contributed by atoms with Gasteiger partial charge in [0.2, 0.25) is 0 Å². The summed E-state index contributed by atoms with van der Waals surface area (Å²) < 4.78 is 38.6. The molecule has 1 unspecified atom stereocenters. The number of benzene rings is 1. The van der Waals surface area contributed by atoms with E-state index in [4.69, 9.17) is 11.6 Å². The molecule has 3 atom stereocenters. The summed E-state index contributed by atoms with van der Waals surface area (Å²) in [6.45, 7) is 5.36. The highest BCUT2D eigenvalue weighted by molar-refractivity contribution is 7.85. The third-order valence-electron chi connectivity index (χ3n) is 2.87. The summed E-state index contributed by atoms with van der Waals surface area (Å²) in [5.41, 5.74) is 0.969. The normalized spacial score (nSPS) is 16.4. The highest BCUT2D eigenvalue weighted by atomic mass is 35.5. The summed E-state index contributed by atoms with van der Waals surface area (Å²) in [6.07, 6.45) is -0.163. The summed E-state index contributed by atoms with van der Waals surface area (Å²) in [5.74, 6) is 0. The first-order valence-electron chi connectivity index (χ1n) is 6.10. The van der Waals surface area contributed by atoms with Gasteiger partial charge in [0.1, 0.15) is 6.10 Å². The van der Waals surface area contributed by atoms with Crippen molar-refractivity contribution in [1.82, 2.24) is 0 Å². The average molecular weight is 323 g/mol. The van der Waals surface area contributed by atoms with Gasteiger partial charge in [-0.25, -0.2) is 0 Å². The summed E-state index contributed by atoms with van der Waals surface area (Å²) in [5, 5.41) is 4.69. The minimum absolute atomic E-state index is 0.119. The molecule has 0 saturated heterocycles. The van der Waals surface area contributed by atoms with Gasteiger partial charge in [0, 0.05) is 4.90 Å². The van der Waals surface area contributed by atoms with Crippen molar-refractivity contribution in [3.63, 3.8) is 0 Å². The minimum atomic E-state index is -3.81. The standard InChI is InChI=1S/C14H17ClF2O2S/c1-3-4-5-12(13(18)14(15,16)17)20(19)11-8-6-10(2)7-9-11/h3,6-9,12-13,18H,1,4-5H2,2H3/t12-,13-,20?/m1/s1. The van der Waals surface area contributed by atoms with Crippen LogP contribution in [0.25, 0.3) is 0 Å². The van der Waals surface area contributed by atoms with Crippen LogP contribution in [0, 0.1) is 6.92 Å². The van der Waals surface area contributed by atoms with E-state index in [1.54, 1.807) is 24.3 Å². The molecule has 0 bridgehead atoms. The van der Waals surface area contributed by atoms with E-state index in [0.717, 1.165) is 5.56 Å². The van der Waals surface area contributed by atoms with Crippen LogP contribution in [-0.2, 0) is 10.8 Å². The van der Waals surface area contributed by atoms with Crippen molar-refractivity contribution in [1.29, 1.82) is 0 Å². The van der Waals surface area contributed by atoms with E-state index in [1.165, 1.54) is 6.08 Å². The quantitative estimate of drug-likeness (QED) is 0.615. The van der Waals surface area contributed by atoms with E-state index >= 15 is 0 Å². The fourth-order valence-electron chi connectivity index (χ4n) is 1.72. The summed E-state index contributed by atoms with van der Waals surface area (Å²) in [4.78, 5) is 0.393. The van der Waals surface area contributed by atoms with Crippen LogP contribution in [0.5, 0.6) is 0 Å². The average Bonchev–Trinajstić information content (AvgIpc) is 2.38. The van der Waals surface area contributed by atoms with Crippen LogP contribution in [0.2, 0.25) is 0 Å². The van der Waals surface area contributed by atoms with Gasteiger partial charge in [-0.3, -0.25) is 4.21 Å². The van der Waals surface area contributed by atoms with Crippen molar-refractivity contribution in [3.05, 3.63) is 42.5 Å². The fourth-order valence-corrected chi connectivity index (χ4v) is 3.46. The number of aliphatic hydroxyl groups is 1. The monoisotopic (exact) mass is 322 g/mol. The maximum atomic E-state index is 13.1. The number of allylic oxidation sites excluding steroid dienone is 1. The highest BCUT2D eigenvalue weighted by Crippen LogP contribution is 2.31. The van der Waals surface area contributed by atoms with E-state index in [0.29, 0.717) is 11.3 Å². The Balaban J connectivity index is 3.00. The molecule has 0 fully saturated rings. The third-order valence-corrected chi connectivity index (χ3v) is 4.87. The van der Waals surface area contributed by atoms with E-state index in [-0.39, 0.29) is 6.42 Å². The zero-order valence-electron chi connectivity index (χ0n) is 11.1. The molecule has 1 aromatic rings. The molecule has 0 heterocycles. The Morgan fingerprint density at radius 3 is 2.45 bits per heavy atom. The molecule has 0 aliphatic rings. The first kappa shape index (κ1) is 17.3. The Morgan fingerprint density at radius 2 is 2.00 bits per heavy atom. The maximum absolute atomic E-state index is 13.1. The molecule has 112 valence electrons. The predicted molar refractivity (Wildman–Crippen MR) is 77.6 cm³/mol. The molecule has 1 rings (SSSR count). The number of hydrogen-bond donors (Lipinski definition) is 1. The van der Waals surface area contributed by atoms with Crippen molar-refractivity contribution in [2.45, 2.75) is 41.4 Å². The SMILES string of the molecule is C=CCC[C@H]([C@@H](O)C(F)(F)Cl)S(=O)c1ccc(C)cc1. The molecule has 0 spiro atoms. The second-order valence-electron chi connectivity index (χ2n) is 4.50. The van der Waals surface area contributed by atoms with Crippen LogP contribution >= 0.6 is 11.6 Å². The van der Waals surface area contributed by atoms with Crippen molar-refractivity contribution < 1.29 is 18.1 Å². The van der Waals surface area contributed by atoms with E-state index < -0.39 is 27.5 Å². The molecule has 1 aromatic carbocycles. The summed E-state index contributed by atoms with van der Waals surface area (Å²) >= 11 is 4.87. The second-order valence-corrected chi connectivity index (χ2v) is 6.68. The molecule has 0 aliphatic carbocycles. The van der Waals surface area contributed by atoms with E-state index in [9.17, 15) is 18.1 Å². The Hall–Kier alpha value is -0.780. The molecule has 1 N–H and O–H groups in total. The number of hydrogen-bond acceptors (Lipinski definition) is 2. The van der Waals surface area contributed by atoms with Crippen molar-refractivity contribution in [3.8, 4) is 0 Å². The Labute approximate surface area is 124 Å². The number of aliphatic hydroxyl groups excluding tert-OH is 1. The molecule has 6 heteroatoms. The maximum Gasteiger partial charge on any atom is 0.348 e. The molecular weight excluding hydrogens is 306 g/mol. The van der Waals surface area contributed by atoms with Crippen molar-refractivity contribution in [2.24, 2.45) is 0 Å². The molecule has 2 nitrogen and oxygen atoms in total. The minimum Gasteiger partial charge on any atom is -0.384 e. The van der Waals surface area contributed by atoms with Gasteiger partial charge in [-0.1, -0.05) is 23.8 Å². The third kappa shape index (κ3) is 4.65. The largest absolute Gasteiger partial charge is 0.384 e. The first-order chi connectivity index (χ1) is 9.27. The van der Waals surface area contributed by atoms with E-state index in [2.05, 4.69) is 6.58 Å².